The molecule has 2 unspecified atom stereocenters. The van der Waals surface area contributed by atoms with Crippen LogP contribution in [0.2, 0.25) is 0 Å². The van der Waals surface area contributed by atoms with Crippen LogP contribution in [-0.2, 0) is 58.7 Å². The average Bonchev–Trinajstić information content (AvgIpc) is 3.47. The zero-order chi connectivity index (χ0) is 32.9. The second-order valence-electron chi connectivity index (χ2n) is 9.00. The fourth-order valence-corrected chi connectivity index (χ4v) is 6.90. The molecule has 21 nitrogen and oxygen atoms in total. The third kappa shape index (κ3) is 10.6. The number of aromatic nitrogens is 4. The largest absolute Gasteiger partial charge is 0.490 e. The minimum Gasteiger partial charge on any atom is -0.456 e. The lowest BCUT2D eigenvalue weighted by molar-refractivity contribution is -0.152. The van der Waals surface area contributed by atoms with E-state index in [0.29, 0.717) is 10.3 Å². The van der Waals surface area contributed by atoms with Crippen molar-refractivity contribution in [1.29, 1.82) is 0 Å². The summed E-state index contributed by atoms with van der Waals surface area (Å²) in [6.07, 6.45) is -3.78. The number of carbonyl (C=O) groups is 2. The Balaban J connectivity index is 1.70. The Morgan fingerprint density at radius 3 is 2.48 bits per heavy atom. The number of amides is 1. The fraction of sp³-hybridized carbons (Fsp3) is 0.526. The molecule has 0 radical (unpaired) electrons. The maximum atomic E-state index is 15.5. The summed E-state index contributed by atoms with van der Waals surface area (Å²) in [5, 5.41) is 2.63. The number of phosphoric acid groups is 3. The van der Waals surface area contributed by atoms with E-state index in [-0.39, 0.29) is 37.3 Å². The summed E-state index contributed by atoms with van der Waals surface area (Å²) >= 11 is 0. The molecule has 3 heterocycles. The van der Waals surface area contributed by atoms with Crippen molar-refractivity contribution in [3.63, 3.8) is 0 Å². The molecule has 0 bridgehead atoms. The number of esters is 1. The Hall–Kier alpha value is -2.87. The van der Waals surface area contributed by atoms with Crippen LogP contribution in [0, 0.1) is 0 Å². The van der Waals surface area contributed by atoms with Crippen LogP contribution >= 0.6 is 23.5 Å². The quantitative estimate of drug-likeness (QED) is 0.0672. The number of hydrogen-bond donors (Lipinski definition) is 7. The van der Waals surface area contributed by atoms with Gasteiger partial charge in [-0.2, -0.15) is 8.62 Å². The molecule has 0 aliphatic carbocycles. The van der Waals surface area contributed by atoms with E-state index < -0.39 is 71.9 Å². The van der Waals surface area contributed by atoms with Gasteiger partial charge in [0.05, 0.1) is 19.4 Å². The van der Waals surface area contributed by atoms with Crippen LogP contribution in [0.1, 0.15) is 30.8 Å². The van der Waals surface area contributed by atoms with Gasteiger partial charge in [0, 0.05) is 37.1 Å². The number of hydrogen-bond acceptors (Lipinski definition) is 13. The number of carbonyl (C=O) groups excluding carboxylic acids is 2. The Morgan fingerprint density at radius 1 is 1.16 bits per heavy atom. The molecule has 25 heteroatoms. The van der Waals surface area contributed by atoms with Gasteiger partial charge in [0.2, 0.25) is 5.91 Å². The molecule has 1 saturated heterocycles. The van der Waals surface area contributed by atoms with E-state index in [9.17, 15) is 42.7 Å². The molecule has 1 fully saturated rings. The molecule has 3 rings (SSSR count). The van der Waals surface area contributed by atoms with E-state index in [4.69, 9.17) is 19.3 Å². The molecule has 2 aromatic rings. The Labute approximate surface area is 245 Å². The first-order chi connectivity index (χ1) is 20.4. The number of imidazole rings is 1. The highest BCUT2D eigenvalue weighted by Crippen LogP contribution is 2.66. The minimum absolute atomic E-state index is 0.00642. The average molecular weight is 693 g/mol. The van der Waals surface area contributed by atoms with Crippen molar-refractivity contribution in [3.05, 3.63) is 50.8 Å². The number of phosphoric ester groups is 1. The lowest BCUT2D eigenvalue weighted by Crippen LogP contribution is -2.38. The predicted octanol–water partition coefficient (Wildman–Crippen LogP) is -0.938. The van der Waals surface area contributed by atoms with Gasteiger partial charge in [-0.1, -0.05) is 0 Å². The lowest BCUT2D eigenvalue weighted by Gasteiger charge is -2.20. The van der Waals surface area contributed by atoms with Crippen LogP contribution in [0.3, 0.4) is 0 Å². The van der Waals surface area contributed by atoms with Crippen molar-refractivity contribution >= 4 is 35.3 Å². The van der Waals surface area contributed by atoms with Gasteiger partial charge in [0.15, 0.2) is 18.5 Å². The number of aromatic amines is 2. The molecule has 1 aliphatic heterocycles. The first-order valence-electron chi connectivity index (χ1n) is 12.2. The van der Waals surface area contributed by atoms with Gasteiger partial charge in [-0.15, -0.1) is 0 Å². The summed E-state index contributed by atoms with van der Waals surface area (Å²) in [6.45, 7) is -0.173. The molecule has 0 saturated carbocycles. The molecule has 7 N–H and O–H groups in total. The van der Waals surface area contributed by atoms with Crippen molar-refractivity contribution in [3.8, 4) is 0 Å². The standard InChI is InChI=1S/C19H27FN5O16P3/c1-10(26)38-16-13(8-37-43(33,34)41-44(35,36)40-42(30,31)32)39-18(15(16)20)25-7-11(17(28)24-19(25)29)3-2-4-22-14(27)5-12-6-21-9-23-12/h6-7,9,13,15-16,18H,2-5,8H2,1H3,(H,21,23)(H,22,27)(H,33,34)(H,35,36)(H,24,28,29)(H2,30,31,32)/t13-,15-,16-,18-/m1/s1. The monoisotopic (exact) mass is 693 g/mol. The molecule has 1 amide bonds. The van der Waals surface area contributed by atoms with Crippen molar-refractivity contribution in [2.75, 3.05) is 13.2 Å². The zero-order valence-electron chi connectivity index (χ0n) is 22.4. The molecule has 6 atom stereocenters. The van der Waals surface area contributed by atoms with Gasteiger partial charge < -0.3 is 39.3 Å². The van der Waals surface area contributed by atoms with E-state index in [1.165, 1.54) is 12.5 Å². The third-order valence-electron chi connectivity index (χ3n) is 5.55. The number of alkyl halides is 1. The van der Waals surface area contributed by atoms with Gasteiger partial charge >= 0.3 is 35.1 Å². The maximum Gasteiger partial charge on any atom is 0.490 e. The maximum absolute atomic E-state index is 15.5. The summed E-state index contributed by atoms with van der Waals surface area (Å²) in [7, 11) is -17.2. The van der Waals surface area contributed by atoms with Crippen molar-refractivity contribution in [2.24, 2.45) is 0 Å². The van der Waals surface area contributed by atoms with Gasteiger partial charge in [-0.25, -0.2) is 27.9 Å². The van der Waals surface area contributed by atoms with Crippen molar-refractivity contribution in [2.45, 2.75) is 50.8 Å². The second kappa shape index (κ2) is 14.5. The van der Waals surface area contributed by atoms with Crippen LogP contribution in [0.15, 0.2) is 28.3 Å². The first-order valence-corrected chi connectivity index (χ1v) is 16.7. The highest BCUT2D eigenvalue weighted by Gasteiger charge is 2.50. The van der Waals surface area contributed by atoms with Crippen molar-refractivity contribution in [1.82, 2.24) is 24.8 Å². The number of nitrogens with one attached hydrogen (secondary N) is 3. The first kappa shape index (κ1) is 35.6. The molecule has 2 aromatic heterocycles. The molecular weight excluding hydrogens is 666 g/mol. The van der Waals surface area contributed by atoms with Gasteiger partial charge in [0.25, 0.3) is 5.56 Å². The van der Waals surface area contributed by atoms with E-state index in [0.717, 1.165) is 13.1 Å². The highest BCUT2D eigenvalue weighted by molar-refractivity contribution is 7.66. The van der Waals surface area contributed by atoms with Crippen molar-refractivity contribution < 1.29 is 69.9 Å². The number of aryl methyl sites for hydroxylation is 1. The number of H-pyrrole nitrogens is 2. The number of halogens is 1. The smallest absolute Gasteiger partial charge is 0.456 e. The van der Waals surface area contributed by atoms with E-state index in [2.05, 4.69) is 28.4 Å². The number of rotatable bonds is 15. The Kier molecular flexibility index (Phi) is 11.7. The van der Waals surface area contributed by atoms with Crippen LogP contribution in [0.25, 0.3) is 0 Å². The van der Waals surface area contributed by atoms with Crippen LogP contribution in [0.5, 0.6) is 0 Å². The van der Waals surface area contributed by atoms with Crippen LogP contribution in [0.4, 0.5) is 4.39 Å². The fourth-order valence-electron chi connectivity index (χ4n) is 3.87. The van der Waals surface area contributed by atoms with Gasteiger partial charge in [0.1, 0.15) is 6.10 Å². The summed E-state index contributed by atoms with van der Waals surface area (Å²) in [4.78, 5) is 93.2. The van der Waals surface area contributed by atoms with E-state index >= 15 is 4.39 Å². The summed E-state index contributed by atoms with van der Waals surface area (Å²) in [5.41, 5.74) is -1.40. The van der Waals surface area contributed by atoms with Gasteiger partial charge in [-0.3, -0.25) is 28.5 Å². The summed E-state index contributed by atoms with van der Waals surface area (Å²) < 4.78 is 72.3. The SMILES string of the molecule is CC(=O)O[C@H]1[C@@H](F)[C@H](n2cc(CCCNC(=O)Cc3cnc[nH]3)c(=O)[nH]c2=O)O[C@@H]1COP(=O)(O)OP(=O)(O)OP(=O)(O)O. The molecular formula is C19H27FN5O16P3. The van der Waals surface area contributed by atoms with Crippen LogP contribution in [-0.4, -0.2) is 82.5 Å². The van der Waals surface area contributed by atoms with E-state index in [1.54, 1.807) is 0 Å². The topological polar surface area (TPSA) is 308 Å². The summed E-state index contributed by atoms with van der Waals surface area (Å²) in [5.74, 6) is -1.37. The normalized spacial score (nSPS) is 23.0. The number of ether oxygens (including phenoxy) is 2. The Morgan fingerprint density at radius 2 is 1.86 bits per heavy atom. The highest BCUT2D eigenvalue weighted by atomic mass is 31.3. The molecule has 44 heavy (non-hydrogen) atoms. The summed E-state index contributed by atoms with van der Waals surface area (Å²) in [6, 6.07) is 0. The second-order valence-corrected chi connectivity index (χ2v) is 13.4. The third-order valence-corrected chi connectivity index (χ3v) is 9.36. The number of nitrogens with zero attached hydrogens (tertiary/aromatic N) is 2. The predicted molar refractivity (Wildman–Crippen MR) is 139 cm³/mol. The zero-order valence-corrected chi connectivity index (χ0v) is 25.1. The molecule has 0 aromatic carbocycles. The molecule has 1 aliphatic rings. The van der Waals surface area contributed by atoms with Crippen LogP contribution < -0.4 is 16.6 Å². The Bertz CT molecular complexity index is 1590. The van der Waals surface area contributed by atoms with E-state index in [1.807, 2.05) is 4.98 Å². The molecule has 246 valence electrons. The minimum atomic E-state index is -5.86. The van der Waals surface area contributed by atoms with Gasteiger partial charge in [-0.05, 0) is 12.8 Å². The molecule has 0 spiro atoms. The lowest BCUT2D eigenvalue weighted by atomic mass is 10.1.